The van der Waals surface area contributed by atoms with E-state index >= 15 is 0 Å². The predicted octanol–water partition coefficient (Wildman–Crippen LogP) is 3.52. The lowest BCUT2D eigenvalue weighted by molar-refractivity contribution is -0.139. The summed E-state index contributed by atoms with van der Waals surface area (Å²) in [5, 5.41) is 19.2. The zero-order valence-corrected chi connectivity index (χ0v) is 10.8. The number of benzene rings is 2. The van der Waals surface area contributed by atoms with E-state index in [9.17, 15) is 23.4 Å². The Hall–Kier alpha value is -2.21. The van der Waals surface area contributed by atoms with Gasteiger partial charge in [-0.1, -0.05) is 24.3 Å². The molecule has 112 valence electrons. The van der Waals surface area contributed by atoms with Crippen LogP contribution in [0.5, 0.6) is 11.5 Å². The maximum absolute atomic E-state index is 12.8. The second-order valence-electron chi connectivity index (χ2n) is 4.42. The van der Waals surface area contributed by atoms with Crippen molar-refractivity contribution in [3.63, 3.8) is 0 Å². The molecule has 0 fully saturated rings. The van der Waals surface area contributed by atoms with Crippen LogP contribution in [0.2, 0.25) is 0 Å². The van der Waals surface area contributed by atoms with E-state index in [4.69, 9.17) is 4.74 Å². The van der Waals surface area contributed by atoms with Crippen LogP contribution in [-0.2, 0) is 6.18 Å². The topological polar surface area (TPSA) is 49.7 Å². The van der Waals surface area contributed by atoms with E-state index < -0.39 is 17.8 Å². The standard InChI is InChI=1S/C15H13F3O3/c16-15(17,18)12-6-1-2-7-14(12)21-9-13(20)10-4-3-5-11(19)8-10/h1-8,13,19-20H,9H2. The minimum Gasteiger partial charge on any atom is -0.508 e. The highest BCUT2D eigenvalue weighted by molar-refractivity contribution is 5.36. The molecule has 21 heavy (non-hydrogen) atoms. The van der Waals surface area contributed by atoms with E-state index in [2.05, 4.69) is 0 Å². The molecule has 1 atom stereocenters. The molecule has 0 aliphatic rings. The van der Waals surface area contributed by atoms with Crippen molar-refractivity contribution < 1.29 is 28.1 Å². The third kappa shape index (κ3) is 3.88. The quantitative estimate of drug-likeness (QED) is 0.908. The number of rotatable bonds is 4. The SMILES string of the molecule is Oc1cccc(C(O)COc2ccccc2C(F)(F)F)c1. The maximum atomic E-state index is 12.8. The number of aromatic hydroxyl groups is 1. The molecule has 0 heterocycles. The first kappa shape index (κ1) is 15.2. The number of hydrogen-bond acceptors (Lipinski definition) is 3. The molecule has 1 unspecified atom stereocenters. The summed E-state index contributed by atoms with van der Waals surface area (Å²) in [7, 11) is 0. The lowest BCUT2D eigenvalue weighted by Crippen LogP contribution is -2.13. The first-order valence-electron chi connectivity index (χ1n) is 6.14. The van der Waals surface area contributed by atoms with Gasteiger partial charge in [-0.2, -0.15) is 13.2 Å². The van der Waals surface area contributed by atoms with E-state index in [0.29, 0.717) is 5.56 Å². The van der Waals surface area contributed by atoms with Crippen LogP contribution in [-0.4, -0.2) is 16.8 Å². The first-order valence-corrected chi connectivity index (χ1v) is 6.14. The van der Waals surface area contributed by atoms with E-state index in [-0.39, 0.29) is 18.1 Å². The summed E-state index contributed by atoms with van der Waals surface area (Å²) in [6, 6.07) is 10.6. The second kappa shape index (κ2) is 6.05. The van der Waals surface area contributed by atoms with Crippen molar-refractivity contribution >= 4 is 0 Å². The fourth-order valence-corrected chi connectivity index (χ4v) is 1.82. The first-order chi connectivity index (χ1) is 9.88. The van der Waals surface area contributed by atoms with Crippen LogP contribution in [0.3, 0.4) is 0 Å². The number of alkyl halides is 3. The molecule has 3 nitrogen and oxygen atoms in total. The van der Waals surface area contributed by atoms with Crippen LogP contribution in [0.4, 0.5) is 13.2 Å². The normalized spacial score (nSPS) is 13.0. The largest absolute Gasteiger partial charge is 0.508 e. The van der Waals surface area contributed by atoms with Crippen molar-refractivity contribution in [3.8, 4) is 11.5 Å². The third-order valence-electron chi connectivity index (χ3n) is 2.84. The summed E-state index contributed by atoms with van der Waals surface area (Å²) in [4.78, 5) is 0. The van der Waals surface area contributed by atoms with Crippen LogP contribution in [0.25, 0.3) is 0 Å². The molecule has 0 aromatic heterocycles. The van der Waals surface area contributed by atoms with Crippen molar-refractivity contribution in [2.45, 2.75) is 12.3 Å². The van der Waals surface area contributed by atoms with Crippen LogP contribution in [0.1, 0.15) is 17.2 Å². The number of halogens is 3. The molecule has 0 saturated carbocycles. The Morgan fingerprint density at radius 3 is 2.43 bits per heavy atom. The van der Waals surface area contributed by atoms with Gasteiger partial charge in [0.05, 0.1) is 5.56 Å². The van der Waals surface area contributed by atoms with E-state index in [1.807, 2.05) is 0 Å². The van der Waals surface area contributed by atoms with Gasteiger partial charge in [0.1, 0.15) is 24.2 Å². The van der Waals surface area contributed by atoms with Gasteiger partial charge < -0.3 is 14.9 Å². The van der Waals surface area contributed by atoms with Crippen LogP contribution < -0.4 is 4.74 Å². The molecule has 0 bridgehead atoms. The number of para-hydroxylation sites is 1. The Morgan fingerprint density at radius 1 is 1.05 bits per heavy atom. The molecule has 6 heteroatoms. The van der Waals surface area contributed by atoms with E-state index in [1.54, 1.807) is 6.07 Å². The Balaban J connectivity index is 2.10. The molecule has 2 aromatic carbocycles. The fourth-order valence-electron chi connectivity index (χ4n) is 1.82. The number of ether oxygens (including phenoxy) is 1. The minimum atomic E-state index is -4.52. The predicted molar refractivity (Wildman–Crippen MR) is 70.0 cm³/mol. The summed E-state index contributed by atoms with van der Waals surface area (Å²) < 4.78 is 43.4. The third-order valence-corrected chi connectivity index (χ3v) is 2.84. The summed E-state index contributed by atoms with van der Waals surface area (Å²) in [6.07, 6.45) is -5.66. The smallest absolute Gasteiger partial charge is 0.419 e. The molecule has 2 aromatic rings. The second-order valence-corrected chi connectivity index (χ2v) is 4.42. The molecule has 0 amide bonds. The highest BCUT2D eigenvalue weighted by Gasteiger charge is 2.34. The molecular weight excluding hydrogens is 285 g/mol. The number of phenols is 1. The molecule has 0 spiro atoms. The van der Waals surface area contributed by atoms with Gasteiger partial charge in [0.25, 0.3) is 0 Å². The minimum absolute atomic E-state index is 0.0396. The van der Waals surface area contributed by atoms with Gasteiger partial charge in [0, 0.05) is 0 Å². The zero-order valence-electron chi connectivity index (χ0n) is 10.8. The Bertz CT molecular complexity index is 611. The van der Waals surface area contributed by atoms with Gasteiger partial charge in [-0.15, -0.1) is 0 Å². The van der Waals surface area contributed by atoms with Gasteiger partial charge in [-0.3, -0.25) is 0 Å². The van der Waals surface area contributed by atoms with Crippen molar-refractivity contribution in [1.82, 2.24) is 0 Å². The average Bonchev–Trinajstić information content (AvgIpc) is 2.44. The number of hydrogen-bond donors (Lipinski definition) is 2. The molecule has 0 saturated heterocycles. The molecule has 0 aliphatic heterocycles. The van der Waals surface area contributed by atoms with Crippen LogP contribution in [0.15, 0.2) is 48.5 Å². The number of aliphatic hydroxyl groups is 1. The fraction of sp³-hybridized carbons (Fsp3) is 0.200. The molecule has 0 aliphatic carbocycles. The molecule has 2 N–H and O–H groups in total. The van der Waals surface area contributed by atoms with Gasteiger partial charge in [-0.05, 0) is 29.8 Å². The summed E-state index contributed by atoms with van der Waals surface area (Å²) in [6.45, 7) is -0.351. The van der Waals surface area contributed by atoms with Gasteiger partial charge >= 0.3 is 6.18 Å². The zero-order chi connectivity index (χ0) is 15.5. The maximum Gasteiger partial charge on any atom is 0.419 e. The molecule has 2 rings (SSSR count). The summed E-state index contributed by atoms with van der Waals surface area (Å²) in [5.41, 5.74) is -0.535. The van der Waals surface area contributed by atoms with Crippen molar-refractivity contribution in [1.29, 1.82) is 0 Å². The molecule has 0 radical (unpaired) electrons. The molecular formula is C15H13F3O3. The average molecular weight is 298 g/mol. The van der Waals surface area contributed by atoms with E-state index in [0.717, 1.165) is 6.07 Å². The Labute approximate surface area is 119 Å². The lowest BCUT2D eigenvalue weighted by atomic mass is 10.1. The van der Waals surface area contributed by atoms with Crippen LogP contribution >= 0.6 is 0 Å². The monoisotopic (exact) mass is 298 g/mol. The van der Waals surface area contributed by atoms with Crippen molar-refractivity contribution in [2.24, 2.45) is 0 Å². The van der Waals surface area contributed by atoms with Gasteiger partial charge in [0.15, 0.2) is 0 Å². The summed E-state index contributed by atoms with van der Waals surface area (Å²) in [5.74, 6) is -0.383. The number of aliphatic hydroxyl groups excluding tert-OH is 1. The number of phenolic OH excluding ortho intramolecular Hbond substituents is 1. The Morgan fingerprint density at radius 2 is 1.76 bits per heavy atom. The highest BCUT2D eigenvalue weighted by Crippen LogP contribution is 2.36. The van der Waals surface area contributed by atoms with Crippen molar-refractivity contribution in [3.05, 3.63) is 59.7 Å². The van der Waals surface area contributed by atoms with Crippen molar-refractivity contribution in [2.75, 3.05) is 6.61 Å². The highest BCUT2D eigenvalue weighted by atomic mass is 19.4. The van der Waals surface area contributed by atoms with E-state index in [1.165, 1.54) is 36.4 Å². The Kier molecular flexibility index (Phi) is 4.37. The van der Waals surface area contributed by atoms with Crippen LogP contribution in [0, 0.1) is 0 Å². The summed E-state index contributed by atoms with van der Waals surface area (Å²) >= 11 is 0. The van der Waals surface area contributed by atoms with Gasteiger partial charge in [0.2, 0.25) is 0 Å². The lowest BCUT2D eigenvalue weighted by Gasteiger charge is -2.16. The van der Waals surface area contributed by atoms with Gasteiger partial charge in [-0.25, -0.2) is 0 Å².